The molecule has 0 saturated heterocycles. The molecule has 0 aromatic rings. The van der Waals surface area contributed by atoms with Crippen molar-refractivity contribution in [3.05, 3.63) is 0 Å². The topological polar surface area (TPSA) is 67.4 Å². The summed E-state index contributed by atoms with van der Waals surface area (Å²) in [6.45, 7) is 7.22. The van der Waals surface area contributed by atoms with Crippen molar-refractivity contribution >= 4 is 12.2 Å². The van der Waals surface area contributed by atoms with E-state index >= 15 is 0 Å². The van der Waals surface area contributed by atoms with Gasteiger partial charge < -0.3 is 15.4 Å². The summed E-state index contributed by atoms with van der Waals surface area (Å²) in [6, 6.07) is 0. The molecule has 0 rings (SSSR count). The molecule has 0 fully saturated rings. The second-order valence-corrected chi connectivity index (χ2v) is 4.21. The summed E-state index contributed by atoms with van der Waals surface area (Å²) in [6.07, 6.45) is 2.66. The monoisotopic (exact) mass is 244 g/mol. The van der Waals surface area contributed by atoms with Crippen LogP contribution in [0.3, 0.4) is 0 Å². The van der Waals surface area contributed by atoms with Crippen LogP contribution in [0.2, 0.25) is 0 Å². The van der Waals surface area contributed by atoms with Crippen molar-refractivity contribution in [1.29, 1.82) is 0 Å². The van der Waals surface area contributed by atoms with Crippen LogP contribution in [0.4, 0.5) is 9.59 Å². The highest BCUT2D eigenvalue weighted by atomic mass is 16.6. The fourth-order valence-corrected chi connectivity index (χ4v) is 1.12. The molecule has 0 aliphatic rings. The molecule has 0 aliphatic heterocycles. The summed E-state index contributed by atoms with van der Waals surface area (Å²) in [7, 11) is 0. The van der Waals surface area contributed by atoms with Crippen molar-refractivity contribution in [3.8, 4) is 0 Å². The van der Waals surface area contributed by atoms with E-state index in [0.29, 0.717) is 19.0 Å². The molecule has 1 atom stereocenters. The number of alkyl carbamates (subject to hydrolysis) is 2. The molecule has 17 heavy (non-hydrogen) atoms. The van der Waals surface area contributed by atoms with Gasteiger partial charge >= 0.3 is 12.2 Å². The van der Waals surface area contributed by atoms with Crippen LogP contribution < -0.4 is 10.6 Å². The van der Waals surface area contributed by atoms with Crippen molar-refractivity contribution in [3.63, 3.8) is 0 Å². The summed E-state index contributed by atoms with van der Waals surface area (Å²) in [4.78, 5) is 22.3. The highest BCUT2D eigenvalue weighted by Gasteiger charge is 2.09. The first kappa shape index (κ1) is 15.7. The number of hydrogen-bond acceptors (Lipinski definition) is 3. The number of carbonyl (C=O) groups excluding carboxylic acids is 2. The second kappa shape index (κ2) is 9.93. The Bertz CT molecular complexity index is 232. The molecule has 0 heterocycles. The van der Waals surface area contributed by atoms with Gasteiger partial charge in [-0.25, -0.2) is 9.59 Å². The van der Waals surface area contributed by atoms with Crippen LogP contribution in [-0.2, 0) is 4.74 Å². The molecule has 2 N–H and O–H groups in total. The lowest BCUT2D eigenvalue weighted by Gasteiger charge is -2.10. The normalized spacial score (nSPS) is 11.7. The quantitative estimate of drug-likeness (QED) is 0.534. The van der Waals surface area contributed by atoms with Gasteiger partial charge in [0.15, 0.2) is 0 Å². The van der Waals surface area contributed by atoms with E-state index < -0.39 is 12.2 Å². The first-order chi connectivity index (χ1) is 8.10. The minimum Gasteiger partial charge on any atom is -0.359 e. The zero-order valence-electron chi connectivity index (χ0n) is 11.0. The van der Waals surface area contributed by atoms with Gasteiger partial charge in [-0.2, -0.15) is 0 Å². The summed E-state index contributed by atoms with van der Waals surface area (Å²) < 4.78 is 4.53. The van der Waals surface area contributed by atoms with Crippen molar-refractivity contribution in [1.82, 2.24) is 10.6 Å². The van der Waals surface area contributed by atoms with Crippen LogP contribution in [-0.4, -0.2) is 25.3 Å². The first-order valence-corrected chi connectivity index (χ1v) is 6.33. The molecule has 0 saturated carbocycles. The van der Waals surface area contributed by atoms with E-state index in [1.165, 1.54) is 0 Å². The third-order valence-electron chi connectivity index (χ3n) is 2.53. The van der Waals surface area contributed by atoms with Crippen molar-refractivity contribution in [2.45, 2.75) is 46.5 Å². The number of hydrogen-bond donors (Lipinski definition) is 2. The molecule has 100 valence electrons. The molecule has 2 amide bonds. The van der Waals surface area contributed by atoms with Crippen LogP contribution in [0.5, 0.6) is 0 Å². The zero-order chi connectivity index (χ0) is 13.1. The maximum absolute atomic E-state index is 11.2. The largest absolute Gasteiger partial charge is 0.416 e. The molecular weight excluding hydrogens is 220 g/mol. The first-order valence-electron chi connectivity index (χ1n) is 6.33. The third kappa shape index (κ3) is 9.66. The van der Waals surface area contributed by atoms with Gasteiger partial charge in [-0.1, -0.05) is 40.0 Å². The van der Waals surface area contributed by atoms with Gasteiger partial charge in [0.2, 0.25) is 0 Å². The molecule has 1 unspecified atom stereocenters. The smallest absolute Gasteiger partial charge is 0.359 e. The summed E-state index contributed by atoms with van der Waals surface area (Å²) in [5.74, 6) is 0.384. The Hall–Kier alpha value is -1.26. The van der Waals surface area contributed by atoms with Gasteiger partial charge in [0.05, 0.1) is 0 Å². The van der Waals surface area contributed by atoms with Gasteiger partial charge in [0, 0.05) is 13.1 Å². The van der Waals surface area contributed by atoms with E-state index in [9.17, 15) is 9.59 Å². The van der Waals surface area contributed by atoms with Crippen LogP contribution >= 0.6 is 0 Å². The Morgan fingerprint density at radius 2 is 1.76 bits per heavy atom. The number of nitrogens with one attached hydrogen (secondary N) is 2. The third-order valence-corrected chi connectivity index (χ3v) is 2.53. The van der Waals surface area contributed by atoms with Crippen LogP contribution in [0.1, 0.15) is 46.5 Å². The minimum atomic E-state index is -0.682. The predicted octanol–water partition coefficient (Wildman–Crippen LogP) is 2.66. The van der Waals surface area contributed by atoms with Gasteiger partial charge in [0.25, 0.3) is 0 Å². The maximum Gasteiger partial charge on any atom is 0.416 e. The number of amides is 2. The average molecular weight is 244 g/mol. The molecule has 0 radical (unpaired) electrons. The van der Waals surface area contributed by atoms with E-state index in [1.54, 1.807) is 0 Å². The number of rotatable bonds is 7. The lowest BCUT2D eigenvalue weighted by atomic mass is 10.1. The molecule has 0 aromatic carbocycles. The van der Waals surface area contributed by atoms with E-state index in [4.69, 9.17) is 0 Å². The molecule has 5 heteroatoms. The Balaban J connectivity index is 3.55. The molecular formula is C12H24N2O3. The number of ether oxygens (including phenoxy) is 1. The minimum absolute atomic E-state index is 0.384. The van der Waals surface area contributed by atoms with E-state index in [1.807, 2.05) is 13.8 Å². The molecule has 5 nitrogen and oxygen atoms in total. The highest BCUT2D eigenvalue weighted by Crippen LogP contribution is 1.97. The van der Waals surface area contributed by atoms with Crippen LogP contribution in [0, 0.1) is 5.92 Å². The second-order valence-electron chi connectivity index (χ2n) is 4.21. The fraction of sp³-hybridized carbons (Fsp3) is 0.833. The Kier molecular flexibility index (Phi) is 9.19. The standard InChI is InChI=1S/C12H24N2O3/c1-4-6-7-8-13-11(15)17-12(16)14-9-10(3)5-2/h10H,4-9H2,1-3H3,(H,13,15)(H,14,16). The van der Waals surface area contributed by atoms with Crippen molar-refractivity contribution in [2.24, 2.45) is 5.92 Å². The van der Waals surface area contributed by atoms with Gasteiger partial charge in [-0.05, 0) is 12.3 Å². The lowest BCUT2D eigenvalue weighted by molar-refractivity contribution is 0.149. The highest BCUT2D eigenvalue weighted by molar-refractivity contribution is 5.83. The van der Waals surface area contributed by atoms with E-state index in [0.717, 1.165) is 25.7 Å². The summed E-state index contributed by atoms with van der Waals surface area (Å²) in [5, 5.41) is 5.07. The van der Waals surface area contributed by atoms with Crippen LogP contribution in [0.25, 0.3) is 0 Å². The molecule has 0 bridgehead atoms. The van der Waals surface area contributed by atoms with Crippen LogP contribution in [0.15, 0.2) is 0 Å². The van der Waals surface area contributed by atoms with E-state index in [-0.39, 0.29) is 0 Å². The van der Waals surface area contributed by atoms with Gasteiger partial charge in [-0.3, -0.25) is 0 Å². The Labute approximate surface area is 103 Å². The predicted molar refractivity (Wildman–Crippen MR) is 66.9 cm³/mol. The molecule has 0 aliphatic carbocycles. The van der Waals surface area contributed by atoms with Gasteiger partial charge in [0.1, 0.15) is 0 Å². The van der Waals surface area contributed by atoms with E-state index in [2.05, 4.69) is 22.3 Å². The zero-order valence-corrected chi connectivity index (χ0v) is 11.0. The lowest BCUT2D eigenvalue weighted by Crippen LogP contribution is -2.35. The fourth-order valence-electron chi connectivity index (χ4n) is 1.12. The average Bonchev–Trinajstić information content (AvgIpc) is 2.31. The molecule has 0 spiro atoms. The molecule has 0 aromatic heterocycles. The maximum atomic E-state index is 11.2. The van der Waals surface area contributed by atoms with Gasteiger partial charge in [-0.15, -0.1) is 0 Å². The Morgan fingerprint density at radius 3 is 2.35 bits per heavy atom. The van der Waals surface area contributed by atoms with Crippen molar-refractivity contribution in [2.75, 3.05) is 13.1 Å². The van der Waals surface area contributed by atoms with Crippen molar-refractivity contribution < 1.29 is 14.3 Å². The number of carbonyl (C=O) groups is 2. The summed E-state index contributed by atoms with van der Waals surface area (Å²) in [5.41, 5.74) is 0. The number of unbranched alkanes of at least 4 members (excludes halogenated alkanes) is 2. The summed E-state index contributed by atoms with van der Waals surface area (Å²) >= 11 is 0. The SMILES string of the molecule is CCCCCNC(=O)OC(=O)NCC(C)CC. The Morgan fingerprint density at radius 1 is 1.12 bits per heavy atom.